The normalized spacial score (nSPS) is 13.4. The van der Waals surface area contributed by atoms with Gasteiger partial charge >= 0.3 is 0 Å². The van der Waals surface area contributed by atoms with Crippen LogP contribution < -0.4 is 0 Å². The van der Waals surface area contributed by atoms with Crippen molar-refractivity contribution in [3.63, 3.8) is 0 Å². The zero-order valence-electron chi connectivity index (χ0n) is 16.2. The third-order valence-corrected chi connectivity index (χ3v) is 5.70. The molecule has 1 saturated carbocycles. The lowest BCUT2D eigenvalue weighted by Gasteiger charge is -2.28. The van der Waals surface area contributed by atoms with Crippen LogP contribution in [-0.2, 0) is 18.4 Å². The summed E-state index contributed by atoms with van der Waals surface area (Å²) in [6.45, 7) is 3.12. The quantitative estimate of drug-likeness (QED) is 0.634. The van der Waals surface area contributed by atoms with E-state index >= 15 is 0 Å². The predicted octanol–water partition coefficient (Wildman–Crippen LogP) is 4.38. The summed E-state index contributed by atoms with van der Waals surface area (Å²) in [6.07, 6.45) is 4.78. The van der Waals surface area contributed by atoms with Crippen molar-refractivity contribution < 1.29 is 9.59 Å². The maximum atomic E-state index is 13.1. The fourth-order valence-corrected chi connectivity index (χ4v) is 3.53. The van der Waals surface area contributed by atoms with E-state index in [2.05, 4.69) is 0 Å². The first-order valence-electron chi connectivity index (χ1n) is 9.54. The molecule has 28 heavy (non-hydrogen) atoms. The summed E-state index contributed by atoms with van der Waals surface area (Å²) in [5, 5.41) is 0.734. The molecular formula is C21H25Cl2N3O2. The van der Waals surface area contributed by atoms with Crippen molar-refractivity contribution >= 4 is 35.0 Å². The lowest BCUT2D eigenvalue weighted by atomic mass is 10.2. The molecule has 0 N–H and O–H groups in total. The first-order valence-corrected chi connectivity index (χ1v) is 10.3. The van der Waals surface area contributed by atoms with Crippen molar-refractivity contribution in [1.82, 2.24) is 14.4 Å². The Morgan fingerprint density at radius 1 is 1.18 bits per heavy atom. The molecule has 0 bridgehead atoms. The minimum Gasteiger partial charge on any atom is -0.353 e. The fraction of sp³-hybridized carbons (Fsp3) is 0.429. The van der Waals surface area contributed by atoms with Gasteiger partial charge in [0.25, 0.3) is 5.91 Å². The van der Waals surface area contributed by atoms with Crippen LogP contribution in [0.1, 0.15) is 42.2 Å². The molecule has 2 aromatic rings. The molecule has 1 aliphatic carbocycles. The standard InChI is InChI=1S/C21H25Cl2N3O2/c1-3-10-25(21(28)15-6-9-18(22)19(23)12-15)14-20(27)26(16-7-8-16)13-17-5-4-11-24(17)2/h4-6,9,11-12,16H,3,7-8,10,13-14H2,1-2H3. The predicted molar refractivity (Wildman–Crippen MR) is 112 cm³/mol. The van der Waals surface area contributed by atoms with E-state index in [0.29, 0.717) is 28.7 Å². The third kappa shape index (κ3) is 4.89. The number of amides is 2. The topological polar surface area (TPSA) is 45.6 Å². The Bertz CT molecular complexity index is 861. The molecule has 1 heterocycles. The highest BCUT2D eigenvalue weighted by Crippen LogP contribution is 2.29. The van der Waals surface area contributed by atoms with Gasteiger partial charge < -0.3 is 14.4 Å². The third-order valence-electron chi connectivity index (χ3n) is 4.97. The maximum Gasteiger partial charge on any atom is 0.254 e. The number of benzene rings is 1. The van der Waals surface area contributed by atoms with E-state index < -0.39 is 0 Å². The van der Waals surface area contributed by atoms with Crippen LogP contribution in [-0.4, -0.2) is 45.3 Å². The van der Waals surface area contributed by atoms with Crippen molar-refractivity contribution in [2.45, 2.75) is 38.8 Å². The molecule has 0 atom stereocenters. The van der Waals surface area contributed by atoms with Gasteiger partial charge in [-0.2, -0.15) is 0 Å². The Morgan fingerprint density at radius 3 is 2.50 bits per heavy atom. The van der Waals surface area contributed by atoms with E-state index in [1.807, 2.05) is 41.8 Å². The van der Waals surface area contributed by atoms with E-state index in [1.165, 1.54) is 0 Å². The van der Waals surface area contributed by atoms with Gasteiger partial charge in [-0.3, -0.25) is 9.59 Å². The zero-order chi connectivity index (χ0) is 20.3. The fourth-order valence-electron chi connectivity index (χ4n) is 3.23. The molecule has 0 radical (unpaired) electrons. The van der Waals surface area contributed by atoms with Gasteiger partial charge in [-0.15, -0.1) is 0 Å². The van der Waals surface area contributed by atoms with Crippen LogP contribution in [0.3, 0.4) is 0 Å². The average Bonchev–Trinajstić information content (AvgIpc) is 3.43. The maximum absolute atomic E-state index is 13.1. The molecule has 2 amide bonds. The molecule has 7 heteroatoms. The molecule has 0 unspecified atom stereocenters. The molecule has 1 aromatic heterocycles. The molecule has 1 aliphatic rings. The number of rotatable bonds is 8. The van der Waals surface area contributed by atoms with Gasteiger partial charge in [0.2, 0.25) is 5.91 Å². The highest BCUT2D eigenvalue weighted by molar-refractivity contribution is 6.42. The summed E-state index contributed by atoms with van der Waals surface area (Å²) in [7, 11) is 1.97. The molecule has 0 saturated heterocycles. The summed E-state index contributed by atoms with van der Waals surface area (Å²) in [5.41, 5.74) is 1.52. The van der Waals surface area contributed by atoms with Crippen LogP contribution >= 0.6 is 23.2 Å². The van der Waals surface area contributed by atoms with E-state index in [4.69, 9.17) is 23.2 Å². The van der Waals surface area contributed by atoms with Crippen molar-refractivity contribution in [3.05, 3.63) is 57.8 Å². The Hall–Kier alpha value is -1.98. The van der Waals surface area contributed by atoms with Gasteiger partial charge in [0.15, 0.2) is 0 Å². The summed E-state index contributed by atoms with van der Waals surface area (Å²) in [6, 6.07) is 9.07. The first-order chi connectivity index (χ1) is 13.4. The van der Waals surface area contributed by atoms with Crippen molar-refractivity contribution in [2.24, 2.45) is 7.05 Å². The molecule has 5 nitrogen and oxygen atoms in total. The Labute approximate surface area is 175 Å². The number of halogens is 2. The minimum absolute atomic E-state index is 0.0226. The number of nitrogens with zero attached hydrogens (tertiary/aromatic N) is 3. The van der Waals surface area contributed by atoms with Crippen LogP contribution in [0.5, 0.6) is 0 Å². The van der Waals surface area contributed by atoms with Gasteiger partial charge in [0, 0.05) is 37.1 Å². The van der Waals surface area contributed by atoms with Gasteiger partial charge in [0.05, 0.1) is 16.6 Å². The number of carbonyl (C=O) groups excluding carboxylic acids is 2. The molecule has 0 spiro atoms. The highest BCUT2D eigenvalue weighted by atomic mass is 35.5. The molecular weight excluding hydrogens is 397 g/mol. The van der Waals surface area contributed by atoms with Crippen molar-refractivity contribution in [1.29, 1.82) is 0 Å². The van der Waals surface area contributed by atoms with Crippen LogP contribution in [0.15, 0.2) is 36.5 Å². The Morgan fingerprint density at radius 2 is 1.93 bits per heavy atom. The first kappa shape index (κ1) is 20.7. The monoisotopic (exact) mass is 421 g/mol. The van der Waals surface area contributed by atoms with E-state index in [0.717, 1.165) is 25.0 Å². The van der Waals surface area contributed by atoms with Gasteiger partial charge in [-0.25, -0.2) is 0 Å². The lowest BCUT2D eigenvalue weighted by molar-refractivity contribution is -0.133. The molecule has 150 valence electrons. The molecule has 0 aliphatic heterocycles. The molecule has 1 fully saturated rings. The smallest absolute Gasteiger partial charge is 0.254 e. The van der Waals surface area contributed by atoms with Gasteiger partial charge in [-0.1, -0.05) is 30.1 Å². The van der Waals surface area contributed by atoms with Crippen LogP contribution in [0.25, 0.3) is 0 Å². The second-order valence-electron chi connectivity index (χ2n) is 7.22. The summed E-state index contributed by atoms with van der Waals surface area (Å²) in [5.74, 6) is -0.228. The minimum atomic E-state index is -0.205. The highest BCUT2D eigenvalue weighted by Gasteiger charge is 2.34. The summed E-state index contributed by atoms with van der Waals surface area (Å²) in [4.78, 5) is 29.5. The van der Waals surface area contributed by atoms with E-state index in [-0.39, 0.29) is 24.4 Å². The van der Waals surface area contributed by atoms with E-state index in [1.54, 1.807) is 23.1 Å². The molecule has 3 rings (SSSR count). The Kier molecular flexibility index (Phi) is 6.68. The Balaban J connectivity index is 1.74. The largest absolute Gasteiger partial charge is 0.353 e. The van der Waals surface area contributed by atoms with Crippen molar-refractivity contribution in [2.75, 3.05) is 13.1 Å². The summed E-state index contributed by atoms with van der Waals surface area (Å²) < 4.78 is 2.02. The second kappa shape index (κ2) is 9.01. The lowest BCUT2D eigenvalue weighted by Crippen LogP contribution is -2.44. The second-order valence-corrected chi connectivity index (χ2v) is 8.03. The number of hydrogen-bond donors (Lipinski definition) is 0. The number of carbonyl (C=O) groups is 2. The zero-order valence-corrected chi connectivity index (χ0v) is 17.7. The van der Waals surface area contributed by atoms with Crippen molar-refractivity contribution in [3.8, 4) is 0 Å². The average molecular weight is 422 g/mol. The van der Waals surface area contributed by atoms with Gasteiger partial charge in [0.1, 0.15) is 6.54 Å². The van der Waals surface area contributed by atoms with E-state index in [9.17, 15) is 9.59 Å². The van der Waals surface area contributed by atoms with Gasteiger partial charge in [-0.05, 0) is 49.6 Å². The number of hydrogen-bond acceptors (Lipinski definition) is 2. The van der Waals surface area contributed by atoms with Crippen LogP contribution in [0.4, 0.5) is 0 Å². The number of aryl methyl sites for hydroxylation is 1. The summed E-state index contributed by atoms with van der Waals surface area (Å²) >= 11 is 12.0. The SMILES string of the molecule is CCCN(CC(=O)N(Cc1cccn1C)C1CC1)C(=O)c1ccc(Cl)c(Cl)c1. The van der Waals surface area contributed by atoms with Crippen LogP contribution in [0.2, 0.25) is 10.0 Å². The van der Waals surface area contributed by atoms with Crippen LogP contribution in [0, 0.1) is 0 Å². The number of aromatic nitrogens is 1. The molecule has 1 aromatic carbocycles.